The highest BCUT2D eigenvalue weighted by molar-refractivity contribution is 9.13. The second-order valence-corrected chi connectivity index (χ2v) is 7.35. The van der Waals surface area contributed by atoms with Crippen LogP contribution in [0.5, 0.6) is 0 Å². The molecule has 3 unspecified atom stereocenters. The normalized spacial score (nSPS) is 26.8. The van der Waals surface area contributed by atoms with Crippen LogP contribution in [0, 0.1) is 0 Å². The number of carbonyl (C=O) groups excluding carboxylic acids is 1. The summed E-state index contributed by atoms with van der Waals surface area (Å²) in [6.07, 6.45) is 0.845. The molecule has 3 atom stereocenters. The maximum absolute atomic E-state index is 12.1. The largest absolute Gasteiger partial charge is 0.376 e. The lowest BCUT2D eigenvalue weighted by molar-refractivity contribution is -0.0299. The van der Waals surface area contributed by atoms with E-state index in [4.69, 9.17) is 10.5 Å². The number of rotatable bonds is 4. The van der Waals surface area contributed by atoms with Crippen LogP contribution in [0.15, 0.2) is 14.3 Å². The van der Waals surface area contributed by atoms with Crippen molar-refractivity contribution in [3.8, 4) is 0 Å². The standard InChI is InChI=1S/C11H14Br2N2O2S/c1-2-17-7-4-6(14)9(7)15-11(16)8-3-5(12)10(13)18-8/h3,6-7,9H,2,4,14H2,1H3,(H,15,16). The van der Waals surface area contributed by atoms with Crippen molar-refractivity contribution in [3.05, 3.63) is 19.2 Å². The van der Waals surface area contributed by atoms with Gasteiger partial charge in [0.15, 0.2) is 0 Å². The number of carbonyl (C=O) groups is 1. The highest BCUT2D eigenvalue weighted by atomic mass is 79.9. The third-order valence-electron chi connectivity index (χ3n) is 2.91. The average molecular weight is 398 g/mol. The summed E-state index contributed by atoms with van der Waals surface area (Å²) < 4.78 is 7.31. The molecule has 0 spiro atoms. The van der Waals surface area contributed by atoms with E-state index in [2.05, 4.69) is 37.2 Å². The second-order valence-electron chi connectivity index (χ2n) is 4.12. The summed E-state index contributed by atoms with van der Waals surface area (Å²) in [5, 5.41) is 2.94. The maximum atomic E-state index is 12.1. The Hall–Kier alpha value is 0.0500. The third-order valence-corrected chi connectivity index (χ3v) is 6.17. The Morgan fingerprint density at radius 3 is 2.89 bits per heavy atom. The molecule has 2 rings (SSSR count). The van der Waals surface area contributed by atoms with Gasteiger partial charge in [-0.2, -0.15) is 0 Å². The Kier molecular flexibility index (Phi) is 4.82. The van der Waals surface area contributed by atoms with Crippen LogP contribution in [0.1, 0.15) is 23.0 Å². The quantitative estimate of drug-likeness (QED) is 0.820. The molecule has 1 fully saturated rings. The van der Waals surface area contributed by atoms with Gasteiger partial charge in [0.05, 0.1) is 20.8 Å². The molecule has 1 amide bonds. The van der Waals surface area contributed by atoms with Crippen LogP contribution in [-0.2, 0) is 4.74 Å². The first-order valence-electron chi connectivity index (χ1n) is 5.65. The number of nitrogens with one attached hydrogen (secondary N) is 1. The van der Waals surface area contributed by atoms with Crippen LogP contribution in [0.2, 0.25) is 0 Å². The van der Waals surface area contributed by atoms with Gasteiger partial charge in [-0.05, 0) is 51.3 Å². The molecule has 0 saturated heterocycles. The Bertz CT molecular complexity index is 431. The van der Waals surface area contributed by atoms with Gasteiger partial charge in [-0.3, -0.25) is 4.79 Å². The minimum atomic E-state index is -0.101. The first-order valence-corrected chi connectivity index (χ1v) is 8.06. The van der Waals surface area contributed by atoms with Crippen molar-refractivity contribution in [2.24, 2.45) is 5.73 Å². The van der Waals surface area contributed by atoms with E-state index in [1.807, 2.05) is 6.92 Å². The van der Waals surface area contributed by atoms with Crippen LogP contribution < -0.4 is 11.1 Å². The number of hydrogen-bond donors (Lipinski definition) is 2. The van der Waals surface area contributed by atoms with Gasteiger partial charge in [0.2, 0.25) is 0 Å². The van der Waals surface area contributed by atoms with Crippen molar-refractivity contribution in [1.29, 1.82) is 0 Å². The van der Waals surface area contributed by atoms with E-state index in [0.717, 1.165) is 14.7 Å². The molecule has 1 aromatic rings. The summed E-state index contributed by atoms with van der Waals surface area (Å²) in [5.74, 6) is -0.101. The highest BCUT2D eigenvalue weighted by Gasteiger charge is 2.40. The minimum Gasteiger partial charge on any atom is -0.376 e. The molecule has 4 nitrogen and oxygen atoms in total. The summed E-state index contributed by atoms with van der Waals surface area (Å²) >= 11 is 8.13. The Labute approximate surface area is 127 Å². The summed E-state index contributed by atoms with van der Waals surface area (Å²) in [6.45, 7) is 2.58. The highest BCUT2D eigenvalue weighted by Crippen LogP contribution is 2.32. The summed E-state index contributed by atoms with van der Waals surface area (Å²) in [6, 6.07) is 1.69. The third kappa shape index (κ3) is 2.96. The number of amides is 1. The molecule has 1 aliphatic rings. The lowest BCUT2D eigenvalue weighted by atomic mass is 9.83. The van der Waals surface area contributed by atoms with Crippen LogP contribution in [0.25, 0.3) is 0 Å². The molecule has 0 radical (unpaired) electrons. The molecular weight excluding hydrogens is 384 g/mol. The van der Waals surface area contributed by atoms with Gasteiger partial charge in [0.1, 0.15) is 0 Å². The molecule has 7 heteroatoms. The van der Waals surface area contributed by atoms with Crippen molar-refractivity contribution >= 4 is 49.1 Å². The average Bonchev–Trinajstić information content (AvgIpc) is 2.66. The van der Waals surface area contributed by atoms with Gasteiger partial charge in [-0.25, -0.2) is 0 Å². The molecule has 1 heterocycles. The van der Waals surface area contributed by atoms with E-state index in [-0.39, 0.29) is 24.1 Å². The van der Waals surface area contributed by atoms with E-state index in [9.17, 15) is 4.79 Å². The Morgan fingerprint density at radius 2 is 2.39 bits per heavy atom. The number of nitrogens with two attached hydrogens (primary N) is 1. The zero-order chi connectivity index (χ0) is 13.3. The number of hydrogen-bond acceptors (Lipinski definition) is 4. The predicted octanol–water partition coefficient (Wildman–Crippen LogP) is 2.51. The molecule has 3 N–H and O–H groups in total. The first-order chi connectivity index (χ1) is 8.52. The van der Waals surface area contributed by atoms with Crippen molar-refractivity contribution < 1.29 is 9.53 Å². The molecule has 1 aliphatic carbocycles. The number of ether oxygens (including phenoxy) is 1. The topological polar surface area (TPSA) is 64.3 Å². The summed E-state index contributed by atoms with van der Waals surface area (Å²) in [5.41, 5.74) is 5.90. The van der Waals surface area contributed by atoms with Crippen molar-refractivity contribution in [2.75, 3.05) is 6.61 Å². The SMILES string of the molecule is CCOC1CC(N)C1NC(=O)c1cc(Br)c(Br)s1. The van der Waals surface area contributed by atoms with Gasteiger partial charge in [-0.1, -0.05) is 0 Å². The molecular formula is C11H14Br2N2O2S. The van der Waals surface area contributed by atoms with Crippen molar-refractivity contribution in [1.82, 2.24) is 5.32 Å². The fourth-order valence-electron chi connectivity index (χ4n) is 1.91. The number of thiophene rings is 1. The molecule has 1 aromatic heterocycles. The zero-order valence-electron chi connectivity index (χ0n) is 9.78. The van der Waals surface area contributed by atoms with Crippen LogP contribution >= 0.6 is 43.2 Å². The van der Waals surface area contributed by atoms with Gasteiger partial charge in [-0.15, -0.1) is 11.3 Å². The van der Waals surface area contributed by atoms with Gasteiger partial charge < -0.3 is 15.8 Å². The van der Waals surface area contributed by atoms with E-state index in [1.165, 1.54) is 11.3 Å². The first kappa shape index (κ1) is 14.5. The molecule has 0 aromatic carbocycles. The van der Waals surface area contributed by atoms with Gasteiger partial charge in [0.25, 0.3) is 5.91 Å². The van der Waals surface area contributed by atoms with Crippen LogP contribution in [-0.4, -0.2) is 30.7 Å². The maximum Gasteiger partial charge on any atom is 0.261 e. The lowest BCUT2D eigenvalue weighted by Crippen LogP contribution is -2.64. The van der Waals surface area contributed by atoms with Gasteiger partial charge in [0, 0.05) is 17.1 Å². The predicted molar refractivity (Wildman–Crippen MR) is 79.0 cm³/mol. The smallest absolute Gasteiger partial charge is 0.261 e. The van der Waals surface area contributed by atoms with E-state index in [1.54, 1.807) is 6.07 Å². The fourth-order valence-corrected chi connectivity index (χ4v) is 3.85. The van der Waals surface area contributed by atoms with Crippen LogP contribution in [0.3, 0.4) is 0 Å². The molecule has 0 aliphatic heterocycles. The Balaban J connectivity index is 1.98. The molecule has 18 heavy (non-hydrogen) atoms. The second kappa shape index (κ2) is 6.00. The zero-order valence-corrected chi connectivity index (χ0v) is 13.8. The number of halogens is 2. The monoisotopic (exact) mass is 396 g/mol. The fraction of sp³-hybridized carbons (Fsp3) is 0.545. The van der Waals surface area contributed by atoms with E-state index in [0.29, 0.717) is 11.5 Å². The van der Waals surface area contributed by atoms with E-state index < -0.39 is 0 Å². The summed E-state index contributed by atoms with van der Waals surface area (Å²) in [7, 11) is 0. The van der Waals surface area contributed by atoms with E-state index >= 15 is 0 Å². The molecule has 100 valence electrons. The summed E-state index contributed by atoms with van der Waals surface area (Å²) in [4.78, 5) is 12.7. The van der Waals surface area contributed by atoms with Crippen molar-refractivity contribution in [2.45, 2.75) is 31.5 Å². The lowest BCUT2D eigenvalue weighted by Gasteiger charge is -2.42. The van der Waals surface area contributed by atoms with Gasteiger partial charge >= 0.3 is 0 Å². The van der Waals surface area contributed by atoms with Crippen molar-refractivity contribution in [3.63, 3.8) is 0 Å². The Morgan fingerprint density at radius 1 is 1.67 bits per heavy atom. The molecule has 1 saturated carbocycles. The minimum absolute atomic E-state index is 0.0163. The van der Waals surface area contributed by atoms with Crippen LogP contribution in [0.4, 0.5) is 0 Å². The molecule has 0 bridgehead atoms.